The van der Waals surface area contributed by atoms with Crippen molar-refractivity contribution in [2.45, 2.75) is 58.8 Å². The minimum Gasteiger partial charge on any atom is -0.340 e. The van der Waals surface area contributed by atoms with E-state index in [1.54, 1.807) is 16.0 Å². The largest absolute Gasteiger partial charge is 0.340 e. The van der Waals surface area contributed by atoms with Gasteiger partial charge >= 0.3 is 0 Å². The third-order valence-corrected chi connectivity index (χ3v) is 5.85. The highest BCUT2D eigenvalue weighted by Crippen LogP contribution is 2.23. The first-order chi connectivity index (χ1) is 11.0. The molecule has 0 aromatic heterocycles. The fourth-order valence-electron chi connectivity index (χ4n) is 4.21. The second kappa shape index (κ2) is 9.64. The molecule has 2 aliphatic rings. The van der Waals surface area contributed by atoms with Gasteiger partial charge in [0.15, 0.2) is 0 Å². The van der Waals surface area contributed by atoms with E-state index >= 15 is 0 Å². The molecule has 0 bridgehead atoms. The zero-order valence-corrected chi connectivity index (χ0v) is 16.1. The topological polar surface area (TPSA) is 8.88 Å². The van der Waals surface area contributed by atoms with Crippen LogP contribution in [-0.2, 0) is 0 Å². The number of nitrogens with one attached hydrogen (secondary N) is 2. The van der Waals surface area contributed by atoms with Crippen LogP contribution in [0.5, 0.6) is 0 Å². The Morgan fingerprint density at radius 3 is 1.78 bits per heavy atom. The molecule has 0 spiro atoms. The van der Waals surface area contributed by atoms with Gasteiger partial charge in [0, 0.05) is 18.3 Å². The molecule has 0 saturated heterocycles. The van der Waals surface area contributed by atoms with Crippen LogP contribution in [0.2, 0.25) is 0 Å². The van der Waals surface area contributed by atoms with E-state index < -0.39 is 0 Å². The van der Waals surface area contributed by atoms with E-state index in [1.165, 1.54) is 71.1 Å². The smallest absolute Gasteiger partial charge is 0.0825 e. The molecule has 0 amide bonds. The Kier molecular flexibility index (Phi) is 7.85. The summed E-state index contributed by atoms with van der Waals surface area (Å²) in [6.45, 7) is 10.1. The maximum Gasteiger partial charge on any atom is 0.0825 e. The number of quaternary nitrogens is 2. The molecular weight excluding hydrogens is 280 g/mol. The zero-order valence-electron chi connectivity index (χ0n) is 16.1. The maximum atomic E-state index is 2.50. The third kappa shape index (κ3) is 7.22. The number of rotatable bonds is 8. The van der Waals surface area contributed by atoms with Crippen molar-refractivity contribution in [3.63, 3.8) is 0 Å². The SMILES string of the molecule is CC1=CC[C@@H](C[NH+](CCC[NH+](C)C)C[C@@H]2CC=C(C)CC2)CC1. The molecule has 2 N–H and O–H groups in total. The predicted octanol–water partition coefficient (Wildman–Crippen LogP) is 1.90. The molecular formula is C21H40N2+2. The highest BCUT2D eigenvalue weighted by molar-refractivity contribution is 5.03. The van der Waals surface area contributed by atoms with Crippen molar-refractivity contribution in [2.24, 2.45) is 11.8 Å². The van der Waals surface area contributed by atoms with Crippen molar-refractivity contribution in [1.29, 1.82) is 0 Å². The molecule has 2 heteroatoms. The highest BCUT2D eigenvalue weighted by atomic mass is 15.1. The molecule has 2 rings (SSSR count). The molecule has 0 aliphatic heterocycles. The van der Waals surface area contributed by atoms with Gasteiger partial charge in [0.25, 0.3) is 0 Å². The number of allylic oxidation sites excluding steroid dienone is 4. The van der Waals surface area contributed by atoms with Crippen LogP contribution < -0.4 is 9.80 Å². The van der Waals surface area contributed by atoms with Gasteiger partial charge in [-0.2, -0.15) is 0 Å². The summed E-state index contributed by atoms with van der Waals surface area (Å²) in [5.41, 5.74) is 3.24. The minimum atomic E-state index is 0.932. The molecule has 0 radical (unpaired) electrons. The summed E-state index contributed by atoms with van der Waals surface area (Å²) in [5.74, 6) is 1.86. The van der Waals surface area contributed by atoms with Gasteiger partial charge < -0.3 is 9.80 Å². The van der Waals surface area contributed by atoms with Crippen molar-refractivity contribution in [3.8, 4) is 0 Å². The van der Waals surface area contributed by atoms with Gasteiger partial charge in [-0.05, 0) is 52.4 Å². The Morgan fingerprint density at radius 1 is 0.870 bits per heavy atom. The average Bonchev–Trinajstić information content (AvgIpc) is 2.51. The lowest BCUT2D eigenvalue weighted by Crippen LogP contribution is -3.14. The highest BCUT2D eigenvalue weighted by Gasteiger charge is 2.23. The second-order valence-electron chi connectivity index (χ2n) is 8.60. The Bertz CT molecular complexity index is 376. The lowest BCUT2D eigenvalue weighted by molar-refractivity contribution is -0.914. The Hall–Kier alpha value is -0.600. The van der Waals surface area contributed by atoms with Crippen molar-refractivity contribution in [1.82, 2.24) is 0 Å². The number of hydrogen-bond donors (Lipinski definition) is 2. The summed E-state index contributed by atoms with van der Waals surface area (Å²) >= 11 is 0. The van der Waals surface area contributed by atoms with Gasteiger partial charge in [-0.3, -0.25) is 0 Å². The van der Waals surface area contributed by atoms with Gasteiger partial charge in [0.2, 0.25) is 0 Å². The lowest BCUT2D eigenvalue weighted by atomic mass is 9.88. The summed E-state index contributed by atoms with van der Waals surface area (Å²) in [7, 11) is 4.56. The summed E-state index contributed by atoms with van der Waals surface area (Å²) in [6.07, 6.45) is 14.6. The Labute approximate surface area is 144 Å². The van der Waals surface area contributed by atoms with Crippen LogP contribution in [0, 0.1) is 11.8 Å². The molecule has 0 heterocycles. The molecule has 132 valence electrons. The molecule has 0 saturated carbocycles. The van der Waals surface area contributed by atoms with E-state index in [9.17, 15) is 0 Å². The second-order valence-corrected chi connectivity index (χ2v) is 8.60. The van der Waals surface area contributed by atoms with Gasteiger partial charge in [0.05, 0.1) is 40.3 Å². The van der Waals surface area contributed by atoms with Crippen LogP contribution in [0.1, 0.15) is 58.8 Å². The van der Waals surface area contributed by atoms with Crippen molar-refractivity contribution < 1.29 is 9.80 Å². The standard InChI is InChI=1S/C21H38N2/c1-18-6-10-20(11-7-18)16-23(15-5-14-22(3)4)17-21-12-8-19(2)9-13-21/h6,8,20-21H,5,7,9-17H2,1-4H3/p+2/t20-,21-/m1/s1. The summed E-state index contributed by atoms with van der Waals surface area (Å²) < 4.78 is 0. The van der Waals surface area contributed by atoms with Crippen LogP contribution in [0.15, 0.2) is 23.3 Å². The van der Waals surface area contributed by atoms with Crippen LogP contribution >= 0.6 is 0 Å². The fourth-order valence-corrected chi connectivity index (χ4v) is 4.21. The average molecular weight is 321 g/mol. The minimum absolute atomic E-state index is 0.932. The van der Waals surface area contributed by atoms with Gasteiger partial charge in [-0.15, -0.1) is 0 Å². The molecule has 23 heavy (non-hydrogen) atoms. The maximum absolute atomic E-state index is 2.50. The number of hydrogen-bond acceptors (Lipinski definition) is 0. The van der Waals surface area contributed by atoms with E-state index in [2.05, 4.69) is 40.1 Å². The molecule has 2 atom stereocenters. The molecule has 2 aliphatic carbocycles. The van der Waals surface area contributed by atoms with E-state index in [0.717, 1.165) is 11.8 Å². The Balaban J connectivity index is 1.83. The molecule has 0 fully saturated rings. The molecule has 0 unspecified atom stereocenters. The predicted molar refractivity (Wildman–Crippen MR) is 100 cm³/mol. The van der Waals surface area contributed by atoms with Crippen LogP contribution in [0.4, 0.5) is 0 Å². The lowest BCUT2D eigenvalue weighted by Gasteiger charge is -2.30. The monoisotopic (exact) mass is 320 g/mol. The van der Waals surface area contributed by atoms with Crippen LogP contribution in [-0.4, -0.2) is 40.3 Å². The molecule has 0 aromatic carbocycles. The van der Waals surface area contributed by atoms with E-state index in [4.69, 9.17) is 0 Å². The van der Waals surface area contributed by atoms with Crippen molar-refractivity contribution >= 4 is 0 Å². The third-order valence-electron chi connectivity index (χ3n) is 5.85. The van der Waals surface area contributed by atoms with E-state index in [0.29, 0.717) is 0 Å². The van der Waals surface area contributed by atoms with E-state index in [1.807, 2.05) is 4.90 Å². The first kappa shape index (κ1) is 18.7. The Morgan fingerprint density at radius 2 is 1.39 bits per heavy atom. The fraction of sp³-hybridized carbons (Fsp3) is 0.810. The van der Waals surface area contributed by atoms with Gasteiger partial charge in [0.1, 0.15) is 0 Å². The first-order valence-electron chi connectivity index (χ1n) is 9.96. The molecule has 0 aromatic rings. The van der Waals surface area contributed by atoms with Crippen molar-refractivity contribution in [3.05, 3.63) is 23.3 Å². The summed E-state index contributed by atoms with van der Waals surface area (Å²) in [5, 5.41) is 0. The summed E-state index contributed by atoms with van der Waals surface area (Å²) in [4.78, 5) is 3.49. The zero-order chi connectivity index (χ0) is 16.7. The van der Waals surface area contributed by atoms with Crippen LogP contribution in [0.25, 0.3) is 0 Å². The summed E-state index contributed by atoms with van der Waals surface area (Å²) in [6, 6.07) is 0. The molecule has 2 nitrogen and oxygen atoms in total. The van der Waals surface area contributed by atoms with Gasteiger partial charge in [-0.1, -0.05) is 23.3 Å². The first-order valence-corrected chi connectivity index (χ1v) is 9.96. The van der Waals surface area contributed by atoms with Gasteiger partial charge in [-0.25, -0.2) is 0 Å². The quantitative estimate of drug-likeness (QED) is 0.632. The normalized spacial score (nSPS) is 25.7. The van der Waals surface area contributed by atoms with Crippen molar-refractivity contribution in [2.75, 3.05) is 40.3 Å². The van der Waals surface area contributed by atoms with E-state index in [-0.39, 0.29) is 0 Å². The van der Waals surface area contributed by atoms with Crippen LogP contribution in [0.3, 0.4) is 0 Å².